The highest BCUT2D eigenvalue weighted by atomic mass is 16.1. The van der Waals surface area contributed by atoms with Crippen molar-refractivity contribution in [3.63, 3.8) is 0 Å². The van der Waals surface area contributed by atoms with Crippen LogP contribution in [-0.2, 0) is 9.59 Å². The molecular weight excluding hydrogens is 149 g/mol. The number of carbonyl (C=O) groups is 2. The predicted octanol–water partition coefficient (Wildman–Crippen LogP) is 0.386. The van der Waals surface area contributed by atoms with Gasteiger partial charge in [0.05, 0.1) is 13.6 Å². The van der Waals surface area contributed by atoms with E-state index in [2.05, 4.69) is 0 Å². The van der Waals surface area contributed by atoms with Crippen molar-refractivity contribution < 1.29 is 9.59 Å². The van der Waals surface area contributed by atoms with Crippen LogP contribution in [0.1, 0.15) is 27.2 Å². The fraction of sp³-hybridized carbons (Fsp3) is 0.714. The molecule has 0 heterocycles. The highest BCUT2D eigenvalue weighted by Crippen LogP contribution is 1.80. The Kier molecular flexibility index (Phi) is 12.4. The van der Waals surface area contributed by atoms with Crippen LogP contribution in [0.4, 0.5) is 0 Å². The Hall–Kier alpha value is -0.465. The van der Waals surface area contributed by atoms with Crippen LogP contribution in [0.3, 0.4) is 0 Å². The van der Waals surface area contributed by atoms with Gasteiger partial charge in [-0.2, -0.15) is 0 Å². The number of Topliss-reactive ketones (excluding diaryl/α,β-unsaturated/α-hetero) is 2. The van der Waals surface area contributed by atoms with Crippen LogP contribution in [0.25, 0.3) is 0 Å². The summed E-state index contributed by atoms with van der Waals surface area (Å²) in [4.78, 5) is 20.1. The molecular formula is C7H13B3O2. The zero-order chi connectivity index (χ0) is 9.98. The van der Waals surface area contributed by atoms with E-state index in [9.17, 15) is 9.59 Å². The second kappa shape index (κ2) is 10.5. The van der Waals surface area contributed by atoms with Gasteiger partial charge < -0.3 is 0 Å². The molecule has 0 fully saturated rings. The Bertz CT molecular complexity index is 123. The minimum absolute atomic E-state index is 0.0625. The Labute approximate surface area is 77.3 Å². The van der Waals surface area contributed by atoms with Gasteiger partial charge in [0, 0.05) is 14.8 Å². The van der Waals surface area contributed by atoms with Gasteiger partial charge in [0.2, 0.25) is 0 Å². The summed E-state index contributed by atoms with van der Waals surface area (Å²) in [5.74, 6) is -0.125. The van der Waals surface area contributed by atoms with Crippen molar-refractivity contribution in [3.8, 4) is 0 Å². The molecule has 5 heteroatoms. The molecule has 0 N–H and O–H groups in total. The summed E-state index contributed by atoms with van der Waals surface area (Å²) in [6, 6.07) is 0. The molecule has 0 unspecified atom stereocenters. The highest BCUT2D eigenvalue weighted by molar-refractivity contribution is 7.23. The summed E-state index contributed by atoms with van der Waals surface area (Å²) in [5.41, 5.74) is 0. The van der Waals surface area contributed by atoms with Crippen LogP contribution in [0.5, 0.6) is 0 Å². The summed E-state index contributed by atoms with van der Waals surface area (Å²) >= 11 is 0. The number of hydrogen-bond acceptors (Lipinski definition) is 2. The van der Waals surface area contributed by atoms with E-state index in [1.165, 1.54) is 13.8 Å². The van der Waals surface area contributed by atoms with Crippen LogP contribution < -0.4 is 0 Å². The zero-order valence-corrected chi connectivity index (χ0v) is 7.96. The molecule has 62 valence electrons. The van der Waals surface area contributed by atoms with Gasteiger partial charge in [-0.15, -0.1) is 0 Å². The van der Waals surface area contributed by atoms with Crippen LogP contribution >= 0.6 is 0 Å². The Balaban J connectivity index is 0. The van der Waals surface area contributed by atoms with Gasteiger partial charge in [-0.25, -0.2) is 0 Å². The second-order valence-electron chi connectivity index (χ2n) is 2.42. The van der Waals surface area contributed by atoms with E-state index >= 15 is 0 Å². The van der Waals surface area contributed by atoms with Crippen molar-refractivity contribution in [1.82, 2.24) is 0 Å². The lowest BCUT2D eigenvalue weighted by Crippen LogP contribution is -1.98. The van der Waals surface area contributed by atoms with Gasteiger partial charge >= 0.3 is 0 Å². The fourth-order valence-electron chi connectivity index (χ4n) is 0.487. The lowest BCUT2D eigenvalue weighted by Gasteiger charge is -1.81. The maximum atomic E-state index is 10.0. The molecule has 0 aromatic carbocycles. The Morgan fingerprint density at radius 2 is 1.67 bits per heavy atom. The molecule has 0 atom stereocenters. The summed E-state index contributed by atoms with van der Waals surface area (Å²) < 4.78 is 0. The van der Waals surface area contributed by atoms with Crippen LogP contribution in [-0.4, -0.2) is 33.5 Å². The van der Waals surface area contributed by atoms with Gasteiger partial charge in [-0.3, -0.25) is 9.59 Å². The van der Waals surface area contributed by atoms with E-state index in [0.717, 1.165) is 6.32 Å². The minimum atomic E-state index is -0.0625. The maximum Gasteiger partial charge on any atom is 0.137 e. The van der Waals surface area contributed by atoms with Crippen molar-refractivity contribution in [2.75, 3.05) is 0 Å². The zero-order valence-electron chi connectivity index (χ0n) is 7.96. The largest absolute Gasteiger partial charge is 0.300 e. The summed E-state index contributed by atoms with van der Waals surface area (Å²) in [7, 11) is 8.42. The molecule has 0 aliphatic rings. The summed E-state index contributed by atoms with van der Waals surface area (Å²) in [5, 5.41) is 0. The molecule has 0 aliphatic heterocycles. The fourth-order valence-corrected chi connectivity index (χ4v) is 0.487. The van der Waals surface area contributed by atoms with E-state index in [1.54, 1.807) is 7.06 Å². The molecule has 0 rings (SSSR count). The predicted molar refractivity (Wildman–Crippen MR) is 53.7 cm³/mol. The van der Waals surface area contributed by atoms with Crippen molar-refractivity contribution >= 4 is 33.5 Å². The van der Waals surface area contributed by atoms with Crippen LogP contribution in [0.15, 0.2) is 0 Å². The molecule has 2 nitrogen and oxygen atoms in total. The quantitative estimate of drug-likeness (QED) is 0.442. The summed E-state index contributed by atoms with van der Waals surface area (Å²) in [6.45, 7) is 4.85. The first-order valence-corrected chi connectivity index (χ1v) is 3.90. The highest BCUT2D eigenvalue weighted by Gasteiger charge is 1.94. The van der Waals surface area contributed by atoms with Crippen molar-refractivity contribution in [1.29, 1.82) is 0 Å². The molecule has 0 amide bonds. The van der Waals surface area contributed by atoms with Gasteiger partial charge in [0.1, 0.15) is 11.6 Å². The van der Waals surface area contributed by atoms with E-state index < -0.39 is 0 Å². The van der Waals surface area contributed by atoms with Gasteiger partial charge in [-0.1, -0.05) is 13.2 Å². The second-order valence-corrected chi connectivity index (χ2v) is 2.42. The standard InChI is InChI=1S/C5H8O2.C2H5B3/c1-4(6)3-5(2)7;1-2-4-5-3/h3H2,1-2H3;2H2,1H3. The normalized spacial score (nSPS) is 7.58. The third kappa shape index (κ3) is 22.7. The monoisotopic (exact) mass is 162 g/mol. The molecule has 0 spiro atoms. The summed E-state index contributed by atoms with van der Waals surface area (Å²) in [6.07, 6.45) is 1.12. The smallest absolute Gasteiger partial charge is 0.137 e. The molecule has 0 saturated carbocycles. The van der Waals surface area contributed by atoms with Crippen LogP contribution in [0, 0.1) is 0 Å². The molecule has 0 aromatic rings. The average Bonchev–Trinajstić information content (AvgIpc) is 1.87. The van der Waals surface area contributed by atoms with E-state index in [-0.39, 0.29) is 18.0 Å². The maximum absolute atomic E-state index is 10.0. The lowest BCUT2D eigenvalue weighted by atomic mass is 9.27. The molecule has 0 aromatic heterocycles. The first-order chi connectivity index (χ1) is 5.54. The van der Waals surface area contributed by atoms with Gasteiger partial charge in [-0.05, 0) is 13.8 Å². The van der Waals surface area contributed by atoms with Crippen LogP contribution in [0.2, 0.25) is 6.32 Å². The van der Waals surface area contributed by atoms with Gasteiger partial charge in [0.15, 0.2) is 0 Å². The topological polar surface area (TPSA) is 34.1 Å². The van der Waals surface area contributed by atoms with Crippen molar-refractivity contribution in [3.05, 3.63) is 0 Å². The molecule has 0 bridgehead atoms. The van der Waals surface area contributed by atoms with E-state index in [1.807, 2.05) is 14.1 Å². The Morgan fingerprint density at radius 1 is 1.25 bits per heavy atom. The first kappa shape index (κ1) is 14.1. The number of hydrogen-bond donors (Lipinski definition) is 0. The van der Waals surface area contributed by atoms with E-state index in [0.29, 0.717) is 0 Å². The van der Waals surface area contributed by atoms with Gasteiger partial charge in [0.25, 0.3) is 0 Å². The third-order valence-electron chi connectivity index (χ3n) is 0.870. The SMILES string of the molecule is CC(=O)CC(C)=O.[B][B][B]CC. The molecule has 0 saturated heterocycles. The number of ketones is 2. The van der Waals surface area contributed by atoms with Crippen molar-refractivity contribution in [2.45, 2.75) is 33.5 Å². The molecule has 0 aliphatic carbocycles. The van der Waals surface area contributed by atoms with Crippen molar-refractivity contribution in [2.24, 2.45) is 0 Å². The number of rotatable bonds is 4. The Morgan fingerprint density at radius 3 is 1.67 bits per heavy atom. The average molecular weight is 162 g/mol. The minimum Gasteiger partial charge on any atom is -0.300 e. The lowest BCUT2D eigenvalue weighted by molar-refractivity contribution is -0.124. The number of carbonyl (C=O) groups excluding carboxylic acids is 2. The first-order valence-electron chi connectivity index (χ1n) is 3.90. The molecule has 12 heavy (non-hydrogen) atoms. The third-order valence-corrected chi connectivity index (χ3v) is 0.870. The molecule has 4 radical (unpaired) electrons. The van der Waals surface area contributed by atoms with E-state index in [4.69, 9.17) is 7.74 Å².